The van der Waals surface area contributed by atoms with E-state index in [9.17, 15) is 9.59 Å². The first-order valence-corrected chi connectivity index (χ1v) is 6.29. The molecule has 0 aliphatic rings. The van der Waals surface area contributed by atoms with Crippen LogP contribution in [-0.4, -0.2) is 36.2 Å². The van der Waals surface area contributed by atoms with Crippen LogP contribution in [-0.2, 0) is 14.3 Å². The molecule has 1 atom stereocenters. The van der Waals surface area contributed by atoms with Gasteiger partial charge >= 0.3 is 5.97 Å². The Morgan fingerprint density at radius 3 is 2.28 bits per heavy atom. The molecule has 5 nitrogen and oxygen atoms in total. The smallest absolute Gasteiger partial charge is 0.310 e. The first-order chi connectivity index (χ1) is 8.16. The van der Waals surface area contributed by atoms with Crippen LogP contribution in [0.1, 0.15) is 41.0 Å². The van der Waals surface area contributed by atoms with Crippen LogP contribution in [0.3, 0.4) is 0 Å². The summed E-state index contributed by atoms with van der Waals surface area (Å²) in [6.07, 6.45) is 0.353. The number of carbonyl (C=O) groups is 2. The molecule has 1 amide bonds. The topological polar surface area (TPSA) is 75.6 Å². The average molecular weight is 259 g/mol. The summed E-state index contributed by atoms with van der Waals surface area (Å²) in [5.41, 5.74) is -0.965. The molecule has 1 unspecified atom stereocenters. The van der Waals surface area contributed by atoms with E-state index in [0.29, 0.717) is 12.5 Å². The number of ether oxygens (including phenoxy) is 1. The Hall–Kier alpha value is -1.10. The van der Waals surface area contributed by atoms with Crippen LogP contribution in [0.15, 0.2) is 0 Å². The second-order valence-electron chi connectivity index (χ2n) is 5.60. The average Bonchev–Trinajstić information content (AvgIpc) is 2.25. The molecule has 0 spiro atoms. The number of carboxylic acids is 1. The molecule has 0 aliphatic carbocycles. The van der Waals surface area contributed by atoms with E-state index in [0.717, 1.165) is 6.42 Å². The Balaban J connectivity index is 3.98. The number of carbonyl (C=O) groups excluding carboxylic acids is 1. The number of hydrogen-bond donors (Lipinski definition) is 2. The number of aliphatic carboxylic acids is 1. The Kier molecular flexibility index (Phi) is 6.91. The molecule has 106 valence electrons. The monoisotopic (exact) mass is 259 g/mol. The summed E-state index contributed by atoms with van der Waals surface area (Å²) >= 11 is 0. The number of rotatable bonds is 8. The molecular formula is C13H25NO4. The van der Waals surface area contributed by atoms with Crippen molar-refractivity contribution in [2.45, 2.75) is 47.1 Å². The van der Waals surface area contributed by atoms with E-state index in [1.165, 1.54) is 0 Å². The number of carboxylic acid groups (broad SMARTS) is 1. The Bertz CT molecular complexity index is 287. The number of hydrogen-bond acceptors (Lipinski definition) is 3. The van der Waals surface area contributed by atoms with Gasteiger partial charge in [-0.2, -0.15) is 0 Å². The molecule has 18 heavy (non-hydrogen) atoms. The summed E-state index contributed by atoms with van der Waals surface area (Å²) in [7, 11) is 0. The number of nitrogens with one attached hydrogen (secondary N) is 1. The highest BCUT2D eigenvalue weighted by Crippen LogP contribution is 2.13. The third-order valence-corrected chi connectivity index (χ3v) is 2.72. The maximum Gasteiger partial charge on any atom is 0.310 e. The van der Waals surface area contributed by atoms with Gasteiger partial charge in [0.2, 0.25) is 5.91 Å². The summed E-state index contributed by atoms with van der Waals surface area (Å²) in [6.45, 7) is 9.61. The summed E-state index contributed by atoms with van der Waals surface area (Å²) < 4.78 is 5.38. The lowest BCUT2D eigenvalue weighted by Gasteiger charge is -2.21. The van der Waals surface area contributed by atoms with Crippen molar-refractivity contribution in [2.24, 2.45) is 11.3 Å². The Morgan fingerprint density at radius 2 is 1.83 bits per heavy atom. The van der Waals surface area contributed by atoms with Crippen LogP contribution in [0.2, 0.25) is 0 Å². The van der Waals surface area contributed by atoms with E-state index >= 15 is 0 Å². The first-order valence-electron chi connectivity index (χ1n) is 6.29. The second kappa shape index (κ2) is 7.36. The highest BCUT2D eigenvalue weighted by Gasteiger charge is 2.28. The van der Waals surface area contributed by atoms with Crippen molar-refractivity contribution in [1.82, 2.24) is 5.32 Å². The van der Waals surface area contributed by atoms with Gasteiger partial charge in [-0.15, -0.1) is 0 Å². The minimum atomic E-state index is -0.965. The molecule has 0 radical (unpaired) electrons. The Labute approximate surface area is 109 Å². The van der Waals surface area contributed by atoms with Gasteiger partial charge in [0, 0.05) is 13.2 Å². The fourth-order valence-electron chi connectivity index (χ4n) is 1.08. The highest BCUT2D eigenvalue weighted by atomic mass is 16.5. The van der Waals surface area contributed by atoms with Crippen LogP contribution < -0.4 is 5.32 Å². The van der Waals surface area contributed by atoms with Crippen molar-refractivity contribution in [2.75, 3.05) is 13.2 Å². The van der Waals surface area contributed by atoms with E-state index in [1.54, 1.807) is 20.8 Å². The van der Waals surface area contributed by atoms with Crippen LogP contribution in [0.4, 0.5) is 0 Å². The molecule has 0 aromatic carbocycles. The van der Waals surface area contributed by atoms with Crippen molar-refractivity contribution >= 4 is 11.9 Å². The van der Waals surface area contributed by atoms with E-state index in [4.69, 9.17) is 9.84 Å². The van der Waals surface area contributed by atoms with E-state index in [-0.39, 0.29) is 12.5 Å². The van der Waals surface area contributed by atoms with E-state index in [1.807, 2.05) is 0 Å². The van der Waals surface area contributed by atoms with Gasteiger partial charge in [-0.1, -0.05) is 13.8 Å². The lowest BCUT2D eigenvalue weighted by atomic mass is 9.94. The van der Waals surface area contributed by atoms with Crippen LogP contribution in [0.25, 0.3) is 0 Å². The first kappa shape index (κ1) is 16.9. The highest BCUT2D eigenvalue weighted by molar-refractivity contribution is 5.81. The summed E-state index contributed by atoms with van der Waals surface area (Å²) in [5.74, 6) is -0.671. The third-order valence-electron chi connectivity index (χ3n) is 2.72. The molecule has 0 aromatic heterocycles. The van der Waals surface area contributed by atoms with Gasteiger partial charge in [-0.25, -0.2) is 0 Å². The third kappa shape index (κ3) is 6.59. The van der Waals surface area contributed by atoms with Gasteiger partial charge < -0.3 is 15.2 Å². The molecule has 0 fully saturated rings. The van der Waals surface area contributed by atoms with Crippen molar-refractivity contribution in [3.63, 3.8) is 0 Å². The zero-order valence-corrected chi connectivity index (χ0v) is 11.9. The van der Waals surface area contributed by atoms with Gasteiger partial charge in [0.15, 0.2) is 0 Å². The molecule has 0 saturated carbocycles. The molecule has 0 aromatic rings. The van der Waals surface area contributed by atoms with Gasteiger partial charge in [-0.3, -0.25) is 9.59 Å². The second-order valence-corrected chi connectivity index (χ2v) is 5.60. The predicted molar refractivity (Wildman–Crippen MR) is 69.3 cm³/mol. The largest absolute Gasteiger partial charge is 0.481 e. The molecular weight excluding hydrogens is 234 g/mol. The van der Waals surface area contributed by atoms with Crippen molar-refractivity contribution in [1.29, 1.82) is 0 Å². The standard InChI is InChI=1S/C13H25NO4/c1-9(2)6-7-18-10(3)11(15)14-8-13(4,5)12(16)17/h9-10H,6-8H2,1-5H3,(H,14,15)(H,16,17). The summed E-state index contributed by atoms with van der Waals surface area (Å²) in [6, 6.07) is 0. The molecule has 0 bridgehead atoms. The van der Waals surface area contributed by atoms with Crippen LogP contribution >= 0.6 is 0 Å². The molecule has 5 heteroatoms. The summed E-state index contributed by atoms with van der Waals surface area (Å²) in [5, 5.41) is 11.5. The minimum absolute atomic E-state index is 0.0963. The van der Waals surface area contributed by atoms with E-state index < -0.39 is 17.5 Å². The van der Waals surface area contributed by atoms with Crippen LogP contribution in [0.5, 0.6) is 0 Å². The zero-order chi connectivity index (χ0) is 14.3. The SMILES string of the molecule is CC(C)CCOC(C)C(=O)NCC(C)(C)C(=O)O. The molecule has 0 aliphatic heterocycles. The van der Waals surface area contributed by atoms with Crippen LogP contribution in [0, 0.1) is 11.3 Å². The van der Waals surface area contributed by atoms with E-state index in [2.05, 4.69) is 19.2 Å². The van der Waals surface area contributed by atoms with Gasteiger partial charge in [0.1, 0.15) is 6.10 Å². The Morgan fingerprint density at radius 1 is 1.28 bits per heavy atom. The molecule has 0 rings (SSSR count). The maximum atomic E-state index is 11.7. The lowest BCUT2D eigenvalue weighted by Crippen LogP contribution is -2.43. The molecule has 2 N–H and O–H groups in total. The van der Waals surface area contributed by atoms with Gasteiger partial charge in [0.05, 0.1) is 5.41 Å². The van der Waals surface area contributed by atoms with Crippen molar-refractivity contribution in [3.8, 4) is 0 Å². The number of amides is 1. The minimum Gasteiger partial charge on any atom is -0.481 e. The fourth-order valence-corrected chi connectivity index (χ4v) is 1.08. The molecule has 0 saturated heterocycles. The van der Waals surface area contributed by atoms with Gasteiger partial charge in [0.25, 0.3) is 0 Å². The zero-order valence-electron chi connectivity index (χ0n) is 11.9. The molecule has 0 heterocycles. The van der Waals surface area contributed by atoms with Crippen molar-refractivity contribution in [3.05, 3.63) is 0 Å². The maximum absolute atomic E-state index is 11.7. The quantitative estimate of drug-likeness (QED) is 0.695. The van der Waals surface area contributed by atoms with Crippen molar-refractivity contribution < 1.29 is 19.4 Å². The normalized spacial score (nSPS) is 13.4. The summed E-state index contributed by atoms with van der Waals surface area (Å²) in [4.78, 5) is 22.5. The lowest BCUT2D eigenvalue weighted by molar-refractivity contribution is -0.147. The van der Waals surface area contributed by atoms with Gasteiger partial charge in [-0.05, 0) is 33.1 Å². The fraction of sp³-hybridized carbons (Fsp3) is 0.846. The predicted octanol–water partition coefficient (Wildman–Crippen LogP) is 1.66.